The zero-order chi connectivity index (χ0) is 20.5. The molecular formula is C27H30O2. The molecule has 0 radical (unpaired) electrons. The van der Waals surface area contributed by atoms with Crippen LogP contribution in [0.3, 0.4) is 0 Å². The van der Waals surface area contributed by atoms with E-state index in [4.69, 9.17) is 4.74 Å². The minimum Gasteiger partial charge on any atom is -0.391 e. The largest absolute Gasteiger partial charge is 0.391 e. The van der Waals surface area contributed by atoms with E-state index in [1.807, 2.05) is 54.6 Å². The van der Waals surface area contributed by atoms with Crippen molar-refractivity contribution in [1.82, 2.24) is 0 Å². The Morgan fingerprint density at radius 3 is 1.59 bits per heavy atom. The molecule has 150 valence electrons. The number of benzene rings is 3. The van der Waals surface area contributed by atoms with Crippen molar-refractivity contribution in [2.24, 2.45) is 0 Å². The van der Waals surface area contributed by atoms with Gasteiger partial charge >= 0.3 is 0 Å². The first-order valence-electron chi connectivity index (χ1n) is 10.2. The van der Waals surface area contributed by atoms with E-state index in [0.29, 0.717) is 6.42 Å². The molecule has 0 aliphatic heterocycles. The third-order valence-corrected chi connectivity index (χ3v) is 5.09. The predicted molar refractivity (Wildman–Crippen MR) is 120 cm³/mol. The normalized spacial score (nSPS) is 12.4. The van der Waals surface area contributed by atoms with Crippen molar-refractivity contribution in [2.75, 3.05) is 6.61 Å². The first-order chi connectivity index (χ1) is 14.1. The van der Waals surface area contributed by atoms with E-state index in [1.165, 1.54) is 5.57 Å². The topological polar surface area (TPSA) is 29.5 Å². The third-order valence-electron chi connectivity index (χ3n) is 5.09. The summed E-state index contributed by atoms with van der Waals surface area (Å²) in [5.74, 6) is 0. The van der Waals surface area contributed by atoms with E-state index in [1.54, 1.807) is 0 Å². The van der Waals surface area contributed by atoms with Crippen LogP contribution in [0.1, 0.15) is 43.4 Å². The Labute approximate surface area is 174 Å². The Morgan fingerprint density at radius 2 is 1.21 bits per heavy atom. The number of rotatable bonds is 9. The van der Waals surface area contributed by atoms with Gasteiger partial charge in [0, 0.05) is 0 Å². The van der Waals surface area contributed by atoms with E-state index < -0.39 is 11.7 Å². The van der Waals surface area contributed by atoms with Gasteiger partial charge in [-0.1, -0.05) is 103 Å². The molecule has 3 aromatic rings. The monoisotopic (exact) mass is 386 g/mol. The molecule has 0 spiro atoms. The Balaban J connectivity index is 2.00. The molecule has 0 aliphatic carbocycles. The summed E-state index contributed by atoms with van der Waals surface area (Å²) in [5, 5.41) is 10.6. The van der Waals surface area contributed by atoms with Crippen molar-refractivity contribution in [3.63, 3.8) is 0 Å². The number of allylic oxidation sites excluding steroid dienone is 2. The lowest BCUT2D eigenvalue weighted by Crippen LogP contribution is -2.35. The fourth-order valence-corrected chi connectivity index (χ4v) is 3.64. The van der Waals surface area contributed by atoms with Crippen LogP contribution in [0.5, 0.6) is 0 Å². The molecule has 2 heteroatoms. The highest BCUT2D eigenvalue weighted by molar-refractivity contribution is 5.47. The predicted octanol–water partition coefficient (Wildman–Crippen LogP) is 6.10. The van der Waals surface area contributed by atoms with Gasteiger partial charge in [0.25, 0.3) is 0 Å². The number of aliphatic hydroxyl groups is 1. The first kappa shape index (κ1) is 21.0. The summed E-state index contributed by atoms with van der Waals surface area (Å²) in [7, 11) is 0. The smallest absolute Gasteiger partial charge is 0.143 e. The van der Waals surface area contributed by atoms with Crippen LogP contribution in [-0.2, 0) is 10.3 Å². The molecular weight excluding hydrogens is 356 g/mol. The van der Waals surface area contributed by atoms with Crippen LogP contribution in [0.25, 0.3) is 0 Å². The molecule has 0 saturated heterocycles. The number of aliphatic hydroxyl groups excluding tert-OH is 1. The fourth-order valence-electron chi connectivity index (χ4n) is 3.64. The number of hydrogen-bond donors (Lipinski definition) is 1. The number of hydrogen-bond acceptors (Lipinski definition) is 2. The molecule has 2 nitrogen and oxygen atoms in total. The molecule has 0 aliphatic rings. The Morgan fingerprint density at radius 1 is 0.793 bits per heavy atom. The average molecular weight is 387 g/mol. The molecule has 3 rings (SSSR count). The van der Waals surface area contributed by atoms with Crippen molar-refractivity contribution in [2.45, 2.75) is 38.4 Å². The SMILES string of the molecule is CC(C)=CCCC(O)COC(c1ccccc1)(c1ccccc1)c1ccccc1. The van der Waals surface area contributed by atoms with E-state index in [9.17, 15) is 5.11 Å². The molecule has 0 heterocycles. The van der Waals surface area contributed by atoms with Gasteiger partial charge in [-0.15, -0.1) is 0 Å². The second kappa shape index (κ2) is 10.2. The zero-order valence-corrected chi connectivity index (χ0v) is 17.3. The van der Waals surface area contributed by atoms with Gasteiger partial charge in [0.2, 0.25) is 0 Å². The molecule has 0 bridgehead atoms. The van der Waals surface area contributed by atoms with Gasteiger partial charge in [0.15, 0.2) is 0 Å². The Bertz CT molecular complexity index is 785. The number of ether oxygens (including phenoxy) is 1. The van der Waals surface area contributed by atoms with Gasteiger partial charge in [0.05, 0.1) is 12.7 Å². The van der Waals surface area contributed by atoms with Crippen LogP contribution in [0.15, 0.2) is 103 Å². The van der Waals surface area contributed by atoms with Crippen molar-refractivity contribution in [1.29, 1.82) is 0 Å². The second-order valence-corrected chi connectivity index (χ2v) is 7.60. The maximum Gasteiger partial charge on any atom is 0.143 e. The van der Waals surface area contributed by atoms with Gasteiger partial charge in [-0.25, -0.2) is 0 Å². The summed E-state index contributed by atoms with van der Waals surface area (Å²) in [6.45, 7) is 4.41. The van der Waals surface area contributed by atoms with Crippen molar-refractivity contribution >= 4 is 0 Å². The summed E-state index contributed by atoms with van der Waals surface area (Å²) in [5.41, 5.74) is 3.64. The molecule has 0 aromatic heterocycles. The van der Waals surface area contributed by atoms with E-state index in [0.717, 1.165) is 23.1 Å². The van der Waals surface area contributed by atoms with E-state index in [2.05, 4.69) is 56.3 Å². The molecule has 3 aromatic carbocycles. The lowest BCUT2D eigenvalue weighted by molar-refractivity contribution is -0.0397. The summed E-state index contributed by atoms with van der Waals surface area (Å²) >= 11 is 0. The maximum absolute atomic E-state index is 10.6. The minimum absolute atomic E-state index is 0.259. The highest BCUT2D eigenvalue weighted by Gasteiger charge is 2.37. The highest BCUT2D eigenvalue weighted by Crippen LogP contribution is 2.40. The van der Waals surface area contributed by atoms with Gasteiger partial charge < -0.3 is 9.84 Å². The molecule has 1 unspecified atom stereocenters. The van der Waals surface area contributed by atoms with Gasteiger partial charge in [-0.3, -0.25) is 0 Å². The lowest BCUT2D eigenvalue weighted by Gasteiger charge is -2.36. The molecule has 29 heavy (non-hydrogen) atoms. The molecule has 1 atom stereocenters. The van der Waals surface area contributed by atoms with Gasteiger partial charge in [0.1, 0.15) is 5.60 Å². The average Bonchev–Trinajstić information content (AvgIpc) is 2.76. The second-order valence-electron chi connectivity index (χ2n) is 7.60. The standard InChI is InChI=1S/C27H30O2/c1-22(2)13-12-20-26(28)21-29-27(23-14-6-3-7-15-23,24-16-8-4-9-17-24)25-18-10-5-11-19-25/h3-11,13-19,26,28H,12,20-21H2,1-2H3. The molecule has 0 saturated carbocycles. The van der Waals surface area contributed by atoms with Crippen molar-refractivity contribution in [3.8, 4) is 0 Å². The Hall–Kier alpha value is -2.68. The van der Waals surface area contributed by atoms with Crippen LogP contribution < -0.4 is 0 Å². The Kier molecular flexibility index (Phi) is 7.40. The zero-order valence-electron chi connectivity index (χ0n) is 17.3. The van der Waals surface area contributed by atoms with Crippen molar-refractivity contribution in [3.05, 3.63) is 119 Å². The van der Waals surface area contributed by atoms with E-state index >= 15 is 0 Å². The quantitative estimate of drug-likeness (QED) is 0.355. The lowest BCUT2D eigenvalue weighted by atomic mass is 9.80. The summed E-state index contributed by atoms with van der Waals surface area (Å²) in [6.07, 6.45) is 3.16. The third kappa shape index (κ3) is 5.23. The van der Waals surface area contributed by atoms with Crippen LogP contribution in [0.4, 0.5) is 0 Å². The van der Waals surface area contributed by atoms with Crippen LogP contribution >= 0.6 is 0 Å². The van der Waals surface area contributed by atoms with E-state index in [-0.39, 0.29) is 6.61 Å². The van der Waals surface area contributed by atoms with Gasteiger partial charge in [-0.05, 0) is 43.4 Å². The fraction of sp³-hybridized carbons (Fsp3) is 0.259. The first-order valence-corrected chi connectivity index (χ1v) is 10.2. The van der Waals surface area contributed by atoms with Crippen LogP contribution in [0.2, 0.25) is 0 Å². The molecule has 0 amide bonds. The van der Waals surface area contributed by atoms with Crippen LogP contribution in [-0.4, -0.2) is 17.8 Å². The summed E-state index contributed by atoms with van der Waals surface area (Å²) in [6, 6.07) is 30.8. The molecule has 0 fully saturated rings. The van der Waals surface area contributed by atoms with Crippen LogP contribution in [0, 0.1) is 0 Å². The summed E-state index contributed by atoms with van der Waals surface area (Å²) < 4.78 is 6.64. The van der Waals surface area contributed by atoms with Gasteiger partial charge in [-0.2, -0.15) is 0 Å². The maximum atomic E-state index is 10.6. The molecule has 1 N–H and O–H groups in total. The van der Waals surface area contributed by atoms with Crippen molar-refractivity contribution < 1.29 is 9.84 Å². The highest BCUT2D eigenvalue weighted by atomic mass is 16.5. The summed E-state index contributed by atoms with van der Waals surface area (Å²) in [4.78, 5) is 0. The minimum atomic E-state index is -0.777.